The molecule has 9 heteroatoms. The first-order chi connectivity index (χ1) is 13.3. The average molecular weight is 455 g/mol. The van der Waals surface area contributed by atoms with Crippen LogP contribution in [0, 0.1) is 10.1 Å². The number of nitro groups is 1. The van der Waals surface area contributed by atoms with E-state index in [-0.39, 0.29) is 22.1 Å². The molecule has 5 nitrogen and oxygen atoms in total. The van der Waals surface area contributed by atoms with Gasteiger partial charge in [0, 0.05) is 21.5 Å². The molecule has 0 spiro atoms. The third kappa shape index (κ3) is 4.97. The Hall–Kier alpha value is -2.25. The molecule has 28 heavy (non-hydrogen) atoms. The maximum Gasteiger partial charge on any atom is 0.312 e. The zero-order valence-corrected chi connectivity index (χ0v) is 17.0. The second-order valence-electron chi connectivity index (χ2n) is 5.46. The van der Waals surface area contributed by atoms with Crippen molar-refractivity contribution >= 4 is 57.4 Å². The molecule has 0 amide bonds. The van der Waals surface area contributed by atoms with Crippen LogP contribution in [0.5, 0.6) is 11.5 Å². The molecule has 0 aromatic heterocycles. The Morgan fingerprint density at radius 3 is 2.29 bits per heavy atom. The number of nitrogens with zero attached hydrogens (tertiary/aromatic N) is 1. The van der Waals surface area contributed by atoms with E-state index in [2.05, 4.69) is 0 Å². The fourth-order valence-electron chi connectivity index (χ4n) is 2.21. The van der Waals surface area contributed by atoms with Crippen molar-refractivity contribution in [2.24, 2.45) is 0 Å². The minimum atomic E-state index is -0.605. The van der Waals surface area contributed by atoms with E-state index in [0.717, 1.165) is 11.8 Å². The number of rotatable bonds is 5. The molecule has 0 saturated heterocycles. The molecule has 0 aliphatic carbocycles. The van der Waals surface area contributed by atoms with Gasteiger partial charge in [0.25, 0.3) is 0 Å². The Bertz CT molecular complexity index is 1060. The van der Waals surface area contributed by atoms with E-state index in [9.17, 15) is 14.9 Å². The predicted molar refractivity (Wildman–Crippen MR) is 111 cm³/mol. The van der Waals surface area contributed by atoms with Crippen molar-refractivity contribution in [1.29, 1.82) is 0 Å². The molecule has 3 aromatic carbocycles. The first-order valence-corrected chi connectivity index (χ1v) is 9.67. The highest BCUT2D eigenvalue weighted by Gasteiger charge is 2.20. The standard InChI is InChI=1S/C19H10Cl3NO4S/c20-12-2-4-13(5-3-12)27-18-8-1-11(9-17(18)23(25)26)19(24)28-14-6-7-15(21)16(22)10-14/h1-10H. The van der Waals surface area contributed by atoms with E-state index in [1.165, 1.54) is 18.2 Å². The minimum Gasteiger partial charge on any atom is -0.450 e. The van der Waals surface area contributed by atoms with Crippen molar-refractivity contribution in [1.82, 2.24) is 0 Å². The van der Waals surface area contributed by atoms with Gasteiger partial charge >= 0.3 is 5.69 Å². The molecule has 0 aliphatic heterocycles. The van der Waals surface area contributed by atoms with Gasteiger partial charge in [-0.2, -0.15) is 0 Å². The van der Waals surface area contributed by atoms with Crippen molar-refractivity contribution < 1.29 is 14.5 Å². The van der Waals surface area contributed by atoms with Crippen LogP contribution >= 0.6 is 46.6 Å². The Balaban J connectivity index is 1.85. The number of hydrogen-bond donors (Lipinski definition) is 0. The van der Waals surface area contributed by atoms with Crippen LogP contribution in [0.1, 0.15) is 10.4 Å². The van der Waals surface area contributed by atoms with Crippen molar-refractivity contribution in [2.75, 3.05) is 0 Å². The second kappa shape index (κ2) is 8.84. The molecule has 0 atom stereocenters. The van der Waals surface area contributed by atoms with E-state index in [4.69, 9.17) is 39.5 Å². The molecule has 3 rings (SSSR count). The van der Waals surface area contributed by atoms with E-state index < -0.39 is 4.92 Å². The molecule has 3 aromatic rings. The lowest BCUT2D eigenvalue weighted by molar-refractivity contribution is -0.385. The van der Waals surface area contributed by atoms with E-state index >= 15 is 0 Å². The molecule has 0 bridgehead atoms. The van der Waals surface area contributed by atoms with Crippen LogP contribution < -0.4 is 4.74 Å². The highest BCUT2D eigenvalue weighted by Crippen LogP contribution is 2.35. The number of benzene rings is 3. The summed E-state index contributed by atoms with van der Waals surface area (Å²) in [5.41, 5.74) is -0.165. The number of carbonyl (C=O) groups is 1. The number of hydrogen-bond acceptors (Lipinski definition) is 5. The second-order valence-corrected chi connectivity index (χ2v) is 7.76. The fraction of sp³-hybridized carbons (Fsp3) is 0. The van der Waals surface area contributed by atoms with Crippen LogP contribution in [0.3, 0.4) is 0 Å². The molecule has 0 heterocycles. The molecule has 0 aliphatic rings. The lowest BCUT2D eigenvalue weighted by Gasteiger charge is -2.08. The summed E-state index contributed by atoms with van der Waals surface area (Å²) in [6, 6.07) is 15.2. The first-order valence-electron chi connectivity index (χ1n) is 7.72. The quantitative estimate of drug-likeness (QED) is 0.230. The minimum absolute atomic E-state index is 0.0170. The summed E-state index contributed by atoms with van der Waals surface area (Å²) in [7, 11) is 0. The van der Waals surface area contributed by atoms with Gasteiger partial charge in [-0.15, -0.1) is 0 Å². The van der Waals surface area contributed by atoms with Gasteiger partial charge in [-0.1, -0.05) is 34.8 Å². The largest absolute Gasteiger partial charge is 0.450 e. The van der Waals surface area contributed by atoms with Gasteiger partial charge in [0.2, 0.25) is 10.9 Å². The smallest absolute Gasteiger partial charge is 0.312 e. The highest BCUT2D eigenvalue weighted by atomic mass is 35.5. The normalized spacial score (nSPS) is 10.5. The van der Waals surface area contributed by atoms with E-state index in [1.54, 1.807) is 42.5 Å². The molecule has 0 unspecified atom stereocenters. The third-order valence-electron chi connectivity index (χ3n) is 3.53. The van der Waals surface area contributed by atoms with Gasteiger partial charge in [-0.3, -0.25) is 14.9 Å². The van der Waals surface area contributed by atoms with Crippen LogP contribution in [-0.2, 0) is 0 Å². The van der Waals surface area contributed by atoms with Gasteiger partial charge in [-0.25, -0.2) is 0 Å². The van der Waals surface area contributed by atoms with Crippen LogP contribution in [0.15, 0.2) is 65.6 Å². The maximum atomic E-state index is 12.5. The summed E-state index contributed by atoms with van der Waals surface area (Å²) in [5, 5.41) is 12.3. The van der Waals surface area contributed by atoms with Gasteiger partial charge in [0.1, 0.15) is 5.75 Å². The van der Waals surface area contributed by atoms with Gasteiger partial charge in [-0.05, 0) is 66.4 Å². The summed E-state index contributed by atoms with van der Waals surface area (Å²) in [5.74, 6) is 0.403. The monoisotopic (exact) mass is 453 g/mol. The van der Waals surface area contributed by atoms with Crippen molar-refractivity contribution in [2.45, 2.75) is 4.90 Å². The Kier molecular flexibility index (Phi) is 6.46. The lowest BCUT2D eigenvalue weighted by Crippen LogP contribution is -1.98. The van der Waals surface area contributed by atoms with Gasteiger partial charge in [0.05, 0.1) is 15.0 Å². The van der Waals surface area contributed by atoms with Crippen molar-refractivity contribution in [3.63, 3.8) is 0 Å². The highest BCUT2D eigenvalue weighted by molar-refractivity contribution is 8.14. The van der Waals surface area contributed by atoms with E-state index in [1.807, 2.05) is 0 Å². The maximum absolute atomic E-state index is 12.5. The molecule has 142 valence electrons. The van der Waals surface area contributed by atoms with Crippen LogP contribution in [0.2, 0.25) is 15.1 Å². The first kappa shape index (κ1) is 20.5. The molecule has 0 N–H and O–H groups in total. The van der Waals surface area contributed by atoms with Gasteiger partial charge < -0.3 is 4.74 Å². The Morgan fingerprint density at radius 1 is 0.929 bits per heavy atom. The summed E-state index contributed by atoms with van der Waals surface area (Å²) >= 11 is 18.5. The summed E-state index contributed by atoms with van der Waals surface area (Å²) in [6.45, 7) is 0. The Morgan fingerprint density at radius 2 is 1.64 bits per heavy atom. The fourth-order valence-corrected chi connectivity index (χ4v) is 3.47. The molecule has 0 radical (unpaired) electrons. The lowest BCUT2D eigenvalue weighted by atomic mass is 10.2. The number of halogens is 3. The number of carbonyl (C=O) groups excluding carboxylic acids is 1. The molecule has 0 fully saturated rings. The van der Waals surface area contributed by atoms with Crippen LogP contribution in [0.4, 0.5) is 5.69 Å². The molecular weight excluding hydrogens is 445 g/mol. The SMILES string of the molecule is O=C(Sc1ccc(Cl)c(Cl)c1)c1ccc(Oc2ccc(Cl)cc2)c([N+](=O)[O-])c1. The summed E-state index contributed by atoms with van der Waals surface area (Å²) < 4.78 is 5.56. The molecular formula is C19H10Cl3NO4S. The van der Waals surface area contributed by atoms with E-state index in [0.29, 0.717) is 25.7 Å². The Labute approximate surface area is 179 Å². The average Bonchev–Trinajstić information content (AvgIpc) is 2.66. The number of thioether (sulfide) groups is 1. The van der Waals surface area contributed by atoms with Crippen LogP contribution in [-0.4, -0.2) is 10.0 Å². The van der Waals surface area contributed by atoms with Crippen LogP contribution in [0.25, 0.3) is 0 Å². The summed E-state index contributed by atoms with van der Waals surface area (Å²) in [6.07, 6.45) is 0. The van der Waals surface area contributed by atoms with Crippen molar-refractivity contribution in [3.8, 4) is 11.5 Å². The zero-order chi connectivity index (χ0) is 20.3. The number of nitro benzene ring substituents is 1. The zero-order valence-electron chi connectivity index (χ0n) is 13.9. The number of ether oxygens (including phenoxy) is 1. The van der Waals surface area contributed by atoms with Crippen molar-refractivity contribution in [3.05, 3.63) is 91.4 Å². The topological polar surface area (TPSA) is 69.4 Å². The third-order valence-corrected chi connectivity index (χ3v) is 5.44. The summed E-state index contributed by atoms with van der Waals surface area (Å²) in [4.78, 5) is 23.9. The molecule has 0 saturated carbocycles. The predicted octanol–water partition coefficient (Wildman–Crippen LogP) is 7.28. The van der Waals surface area contributed by atoms with Gasteiger partial charge in [0.15, 0.2) is 0 Å².